The molecule has 3 N–H and O–H groups in total. The molecule has 0 aliphatic heterocycles. The van der Waals surface area contributed by atoms with Gasteiger partial charge in [0.05, 0.1) is 12.4 Å². The van der Waals surface area contributed by atoms with Crippen LogP contribution >= 0.6 is 12.2 Å². The van der Waals surface area contributed by atoms with Gasteiger partial charge >= 0.3 is 0 Å². The van der Waals surface area contributed by atoms with Gasteiger partial charge in [-0.05, 0) is 24.1 Å². The van der Waals surface area contributed by atoms with Gasteiger partial charge in [0.1, 0.15) is 28.1 Å². The highest BCUT2D eigenvalue weighted by Crippen LogP contribution is 2.09. The van der Waals surface area contributed by atoms with Crippen molar-refractivity contribution >= 4 is 23.0 Å². The van der Waals surface area contributed by atoms with Gasteiger partial charge in [-0.25, -0.2) is 18.7 Å². The van der Waals surface area contributed by atoms with Crippen LogP contribution in [0.15, 0.2) is 30.6 Å². The van der Waals surface area contributed by atoms with Crippen LogP contribution in [0, 0.1) is 11.6 Å². The lowest BCUT2D eigenvalue weighted by molar-refractivity contribution is 0.580. The zero-order chi connectivity index (χ0) is 14.5. The fourth-order valence-electron chi connectivity index (χ4n) is 1.64. The van der Waals surface area contributed by atoms with Crippen LogP contribution in [0.25, 0.3) is 0 Å². The number of aromatic nitrogens is 2. The van der Waals surface area contributed by atoms with Crippen LogP contribution in [-0.4, -0.2) is 21.5 Å². The first-order chi connectivity index (χ1) is 9.54. The molecular weight excluding hydrogens is 282 g/mol. The van der Waals surface area contributed by atoms with Gasteiger partial charge in [-0.15, -0.1) is 0 Å². The number of nitrogens with two attached hydrogens (primary N) is 1. The minimum atomic E-state index is -0.583. The minimum Gasteiger partial charge on any atom is -0.388 e. The molecule has 1 aromatic heterocycles. The largest absolute Gasteiger partial charge is 0.388 e. The van der Waals surface area contributed by atoms with Gasteiger partial charge in [0.15, 0.2) is 0 Å². The molecule has 0 aliphatic carbocycles. The first-order valence-electron chi connectivity index (χ1n) is 5.85. The van der Waals surface area contributed by atoms with E-state index >= 15 is 0 Å². The van der Waals surface area contributed by atoms with Crippen molar-refractivity contribution in [1.82, 2.24) is 9.97 Å². The van der Waals surface area contributed by atoms with E-state index in [9.17, 15) is 8.78 Å². The Morgan fingerprint density at radius 2 is 1.85 bits per heavy atom. The molecule has 4 nitrogen and oxygen atoms in total. The molecule has 20 heavy (non-hydrogen) atoms. The van der Waals surface area contributed by atoms with E-state index in [1.165, 1.54) is 24.5 Å². The van der Waals surface area contributed by atoms with E-state index in [0.717, 1.165) is 6.07 Å². The molecule has 0 saturated heterocycles. The fourth-order valence-corrected chi connectivity index (χ4v) is 1.74. The maximum atomic E-state index is 13.0. The first-order valence-corrected chi connectivity index (χ1v) is 6.26. The number of benzene rings is 1. The van der Waals surface area contributed by atoms with Crippen molar-refractivity contribution < 1.29 is 8.78 Å². The molecular formula is C13H12F2N4S. The van der Waals surface area contributed by atoms with Crippen LogP contribution in [0.1, 0.15) is 11.3 Å². The number of nitrogens with zero attached hydrogens (tertiary/aromatic N) is 2. The predicted octanol–water partition coefficient (Wildman–Crippen LogP) is 2.04. The van der Waals surface area contributed by atoms with Gasteiger partial charge in [-0.3, -0.25) is 0 Å². The summed E-state index contributed by atoms with van der Waals surface area (Å²) in [6, 6.07) is 3.44. The highest BCUT2D eigenvalue weighted by Gasteiger charge is 2.02. The molecule has 0 saturated carbocycles. The molecule has 0 amide bonds. The minimum absolute atomic E-state index is 0.180. The van der Waals surface area contributed by atoms with Crippen molar-refractivity contribution in [3.05, 3.63) is 53.5 Å². The van der Waals surface area contributed by atoms with E-state index < -0.39 is 11.6 Å². The van der Waals surface area contributed by atoms with Crippen molar-refractivity contribution in [2.75, 3.05) is 11.9 Å². The number of rotatable bonds is 5. The maximum Gasteiger partial charge on any atom is 0.144 e. The third-order valence-corrected chi connectivity index (χ3v) is 2.76. The first kappa shape index (κ1) is 14.3. The van der Waals surface area contributed by atoms with Crippen LogP contribution in [0.4, 0.5) is 14.6 Å². The molecule has 0 aliphatic rings. The summed E-state index contributed by atoms with van der Waals surface area (Å²) in [7, 11) is 0. The Bertz CT molecular complexity index is 596. The van der Waals surface area contributed by atoms with Crippen molar-refractivity contribution in [3.63, 3.8) is 0 Å². The zero-order valence-electron chi connectivity index (χ0n) is 10.4. The zero-order valence-corrected chi connectivity index (χ0v) is 11.3. The van der Waals surface area contributed by atoms with E-state index in [4.69, 9.17) is 18.0 Å². The van der Waals surface area contributed by atoms with Gasteiger partial charge in [-0.1, -0.05) is 12.2 Å². The second-order valence-electron chi connectivity index (χ2n) is 4.11. The molecule has 2 aromatic rings. The molecule has 7 heteroatoms. The Morgan fingerprint density at radius 1 is 1.15 bits per heavy atom. The predicted molar refractivity (Wildman–Crippen MR) is 76.5 cm³/mol. The molecule has 1 aromatic carbocycles. The van der Waals surface area contributed by atoms with Gasteiger partial charge in [0.25, 0.3) is 0 Å². The van der Waals surface area contributed by atoms with Crippen LogP contribution in [0.2, 0.25) is 0 Å². The van der Waals surface area contributed by atoms with Crippen LogP contribution < -0.4 is 11.1 Å². The average molecular weight is 294 g/mol. The summed E-state index contributed by atoms with van der Waals surface area (Å²) in [5.41, 5.74) is 6.42. The molecule has 0 fully saturated rings. The Hall–Kier alpha value is -2.15. The summed E-state index contributed by atoms with van der Waals surface area (Å²) >= 11 is 4.76. The van der Waals surface area contributed by atoms with Gasteiger partial charge in [0, 0.05) is 12.6 Å². The summed E-state index contributed by atoms with van der Waals surface area (Å²) in [5.74, 6) is -0.622. The second kappa shape index (κ2) is 6.33. The number of hydrogen-bond acceptors (Lipinski definition) is 4. The van der Waals surface area contributed by atoms with E-state index in [0.29, 0.717) is 30.0 Å². The Balaban J connectivity index is 1.90. The summed E-state index contributed by atoms with van der Waals surface area (Å²) in [6.45, 7) is 0.476. The van der Waals surface area contributed by atoms with Gasteiger partial charge in [0.2, 0.25) is 0 Å². The number of halogens is 2. The fraction of sp³-hybridized carbons (Fsp3) is 0.154. The monoisotopic (exact) mass is 294 g/mol. The average Bonchev–Trinajstić information content (AvgIpc) is 2.38. The molecule has 0 bridgehead atoms. The second-order valence-corrected chi connectivity index (χ2v) is 4.55. The van der Waals surface area contributed by atoms with E-state index in [-0.39, 0.29) is 4.99 Å². The maximum absolute atomic E-state index is 13.0. The highest BCUT2D eigenvalue weighted by atomic mass is 32.1. The van der Waals surface area contributed by atoms with Crippen molar-refractivity contribution in [2.45, 2.75) is 6.42 Å². The lowest BCUT2D eigenvalue weighted by Gasteiger charge is -2.06. The Kier molecular flexibility index (Phi) is 4.52. The van der Waals surface area contributed by atoms with Gasteiger partial charge in [-0.2, -0.15) is 0 Å². The third-order valence-electron chi connectivity index (χ3n) is 2.55. The molecule has 0 radical (unpaired) electrons. The van der Waals surface area contributed by atoms with Crippen LogP contribution in [-0.2, 0) is 6.42 Å². The molecule has 104 valence electrons. The highest BCUT2D eigenvalue weighted by molar-refractivity contribution is 7.80. The van der Waals surface area contributed by atoms with Crippen LogP contribution in [0.3, 0.4) is 0 Å². The molecule has 0 spiro atoms. The summed E-state index contributed by atoms with van der Waals surface area (Å²) in [6.07, 6.45) is 3.43. The lowest BCUT2D eigenvalue weighted by atomic mass is 10.1. The van der Waals surface area contributed by atoms with E-state index in [1.54, 1.807) is 0 Å². The molecule has 0 unspecified atom stereocenters. The van der Waals surface area contributed by atoms with Crippen molar-refractivity contribution in [2.24, 2.45) is 5.73 Å². The Labute approximate surface area is 120 Å². The summed E-state index contributed by atoms with van der Waals surface area (Å²) in [5, 5.41) is 3.00. The van der Waals surface area contributed by atoms with Crippen LogP contribution in [0.5, 0.6) is 0 Å². The lowest BCUT2D eigenvalue weighted by Crippen LogP contribution is -2.13. The summed E-state index contributed by atoms with van der Waals surface area (Å²) < 4.78 is 26.0. The standard InChI is InChI=1S/C13H12F2N4S/c14-9-3-8(4-10(15)5-9)1-2-17-12-7-18-11(6-19-12)13(16)20/h3-7H,1-2H2,(H2,16,20)(H,17,19). The molecule has 1 heterocycles. The normalized spacial score (nSPS) is 10.3. The van der Waals surface area contributed by atoms with Crippen molar-refractivity contribution in [1.29, 1.82) is 0 Å². The number of thiocarbonyl (C=S) groups is 1. The smallest absolute Gasteiger partial charge is 0.144 e. The number of hydrogen-bond donors (Lipinski definition) is 2. The third kappa shape index (κ3) is 3.92. The quantitative estimate of drug-likeness (QED) is 0.826. The van der Waals surface area contributed by atoms with E-state index in [2.05, 4.69) is 15.3 Å². The molecule has 0 atom stereocenters. The van der Waals surface area contributed by atoms with E-state index in [1.807, 2.05) is 0 Å². The summed E-state index contributed by atoms with van der Waals surface area (Å²) in [4.78, 5) is 8.28. The SMILES string of the molecule is NC(=S)c1cnc(NCCc2cc(F)cc(F)c2)cn1. The molecule has 2 rings (SSSR count). The number of nitrogens with one attached hydrogen (secondary N) is 1. The number of anilines is 1. The van der Waals surface area contributed by atoms with Crippen molar-refractivity contribution in [3.8, 4) is 0 Å². The van der Waals surface area contributed by atoms with Gasteiger partial charge < -0.3 is 11.1 Å². The topological polar surface area (TPSA) is 63.8 Å². The Morgan fingerprint density at radius 3 is 2.40 bits per heavy atom.